The maximum absolute atomic E-state index is 5.41. The van der Waals surface area contributed by atoms with Gasteiger partial charge in [-0.05, 0) is 13.0 Å². The largest absolute Gasteiger partial charge is 0.384 e. The Kier molecular flexibility index (Phi) is 1.53. The van der Waals surface area contributed by atoms with Crippen LogP contribution < -0.4 is 11.1 Å². The van der Waals surface area contributed by atoms with Gasteiger partial charge < -0.3 is 11.1 Å². The highest BCUT2D eigenvalue weighted by atomic mass is 14.9. The van der Waals surface area contributed by atoms with Crippen LogP contribution in [0.2, 0.25) is 0 Å². The number of nitrogens with zero attached hydrogens (tertiary/aromatic N) is 1. The number of hydrogen-bond donors (Lipinski definition) is 2. The molecule has 3 nitrogen and oxygen atoms in total. The Morgan fingerprint density at radius 2 is 2.44 bits per heavy atom. The molecule has 0 unspecified atom stereocenters. The highest BCUT2D eigenvalue weighted by Gasteiger charge is 1.89. The lowest BCUT2D eigenvalue weighted by Gasteiger charge is -1.88. The number of rotatable bonds is 0. The normalized spacial score (nSPS) is 17.4. The van der Waals surface area contributed by atoms with E-state index >= 15 is 0 Å². The Morgan fingerprint density at radius 3 is 3.22 bits per heavy atom. The predicted molar refractivity (Wildman–Crippen MR) is 37.7 cm³/mol. The van der Waals surface area contributed by atoms with E-state index in [2.05, 4.69) is 10.3 Å². The molecule has 0 bridgehead atoms. The van der Waals surface area contributed by atoms with E-state index in [9.17, 15) is 0 Å². The Morgan fingerprint density at radius 1 is 1.67 bits per heavy atom. The van der Waals surface area contributed by atoms with Gasteiger partial charge in [0.05, 0.1) is 5.70 Å². The van der Waals surface area contributed by atoms with Crippen molar-refractivity contribution >= 4 is 5.84 Å². The fraction of sp³-hybridized carbons (Fsp3) is 0.167. The molecule has 0 aromatic heterocycles. The van der Waals surface area contributed by atoms with Crippen LogP contribution in [0, 0.1) is 0 Å². The summed E-state index contributed by atoms with van der Waals surface area (Å²) >= 11 is 0. The summed E-state index contributed by atoms with van der Waals surface area (Å²) in [6.07, 6.45) is 5.25. The van der Waals surface area contributed by atoms with Gasteiger partial charge in [0.25, 0.3) is 0 Å². The Bertz CT molecular complexity index is 188. The molecule has 1 aliphatic rings. The summed E-state index contributed by atoms with van der Waals surface area (Å²) in [6.45, 7) is 1.88. The van der Waals surface area contributed by atoms with E-state index in [0.29, 0.717) is 5.84 Å². The second-order valence-corrected chi connectivity index (χ2v) is 1.82. The SMILES string of the molecule is CC1=CNC=CC(N)=N1. The molecular formula is C6H9N3. The van der Waals surface area contributed by atoms with Gasteiger partial charge in [-0.2, -0.15) is 0 Å². The van der Waals surface area contributed by atoms with E-state index in [1.54, 1.807) is 18.5 Å². The monoisotopic (exact) mass is 123 g/mol. The predicted octanol–water partition coefficient (Wildman–Crippen LogP) is 0.322. The van der Waals surface area contributed by atoms with E-state index in [1.807, 2.05) is 6.92 Å². The van der Waals surface area contributed by atoms with Crippen molar-refractivity contribution in [3.8, 4) is 0 Å². The molecule has 0 atom stereocenters. The van der Waals surface area contributed by atoms with E-state index in [-0.39, 0.29) is 0 Å². The van der Waals surface area contributed by atoms with E-state index in [0.717, 1.165) is 5.70 Å². The lowest BCUT2D eigenvalue weighted by Crippen LogP contribution is -2.06. The molecule has 0 fully saturated rings. The zero-order chi connectivity index (χ0) is 6.69. The standard InChI is InChI=1S/C6H9N3/c1-5-4-8-3-2-6(7)9-5/h2-4,8H,1H3,(H2,7,9). The summed E-state index contributed by atoms with van der Waals surface area (Å²) in [7, 11) is 0. The van der Waals surface area contributed by atoms with Crippen LogP contribution in [0.1, 0.15) is 6.92 Å². The first-order chi connectivity index (χ1) is 4.29. The average Bonchev–Trinajstić information content (AvgIpc) is 1.93. The quantitative estimate of drug-likeness (QED) is 0.487. The van der Waals surface area contributed by atoms with Gasteiger partial charge in [0.2, 0.25) is 0 Å². The molecule has 1 aliphatic heterocycles. The first-order valence-corrected chi connectivity index (χ1v) is 2.72. The van der Waals surface area contributed by atoms with Gasteiger partial charge >= 0.3 is 0 Å². The number of nitrogens with two attached hydrogens (primary N) is 1. The minimum atomic E-state index is 0.536. The van der Waals surface area contributed by atoms with E-state index < -0.39 is 0 Å². The molecule has 0 radical (unpaired) electrons. The smallest absolute Gasteiger partial charge is 0.125 e. The third-order valence-corrected chi connectivity index (χ3v) is 0.948. The zero-order valence-corrected chi connectivity index (χ0v) is 5.26. The molecule has 3 N–H and O–H groups in total. The van der Waals surface area contributed by atoms with Gasteiger partial charge in [-0.25, -0.2) is 4.99 Å². The van der Waals surface area contributed by atoms with Gasteiger partial charge in [0.1, 0.15) is 5.84 Å². The van der Waals surface area contributed by atoms with Crippen molar-refractivity contribution in [1.82, 2.24) is 5.32 Å². The molecule has 0 aromatic carbocycles. The molecule has 0 aromatic rings. The molecule has 0 aliphatic carbocycles. The Balaban J connectivity index is 2.82. The first kappa shape index (κ1) is 5.88. The average molecular weight is 123 g/mol. The van der Waals surface area contributed by atoms with Crippen molar-refractivity contribution in [3.63, 3.8) is 0 Å². The summed E-state index contributed by atoms with van der Waals surface area (Å²) in [5.41, 5.74) is 6.29. The van der Waals surface area contributed by atoms with Gasteiger partial charge in [-0.1, -0.05) is 0 Å². The summed E-state index contributed by atoms with van der Waals surface area (Å²) in [6, 6.07) is 0. The second-order valence-electron chi connectivity index (χ2n) is 1.82. The molecule has 0 amide bonds. The van der Waals surface area contributed by atoms with E-state index in [4.69, 9.17) is 5.73 Å². The van der Waals surface area contributed by atoms with Crippen LogP contribution in [0.3, 0.4) is 0 Å². The minimum Gasteiger partial charge on any atom is -0.384 e. The van der Waals surface area contributed by atoms with Crippen LogP contribution in [0.25, 0.3) is 0 Å². The third-order valence-electron chi connectivity index (χ3n) is 0.948. The highest BCUT2D eigenvalue weighted by molar-refractivity contribution is 5.92. The molecule has 1 heterocycles. The topological polar surface area (TPSA) is 50.4 Å². The van der Waals surface area contributed by atoms with Crippen molar-refractivity contribution < 1.29 is 0 Å². The molecule has 0 saturated carbocycles. The molecule has 48 valence electrons. The van der Waals surface area contributed by atoms with Crippen LogP contribution in [-0.4, -0.2) is 5.84 Å². The van der Waals surface area contributed by atoms with Crippen molar-refractivity contribution in [3.05, 3.63) is 24.2 Å². The van der Waals surface area contributed by atoms with Crippen molar-refractivity contribution in [1.29, 1.82) is 0 Å². The Hall–Kier alpha value is -1.25. The van der Waals surface area contributed by atoms with Gasteiger partial charge in [-0.15, -0.1) is 0 Å². The molecule has 0 spiro atoms. The summed E-state index contributed by atoms with van der Waals surface area (Å²) in [5, 5.41) is 2.89. The minimum absolute atomic E-state index is 0.536. The number of amidine groups is 1. The van der Waals surface area contributed by atoms with Crippen LogP contribution in [0.4, 0.5) is 0 Å². The van der Waals surface area contributed by atoms with Gasteiger partial charge in [0, 0.05) is 12.4 Å². The summed E-state index contributed by atoms with van der Waals surface area (Å²) < 4.78 is 0. The Labute approximate surface area is 54.0 Å². The first-order valence-electron chi connectivity index (χ1n) is 2.72. The highest BCUT2D eigenvalue weighted by Crippen LogP contribution is 1.94. The van der Waals surface area contributed by atoms with Crippen molar-refractivity contribution in [2.24, 2.45) is 10.7 Å². The maximum atomic E-state index is 5.41. The van der Waals surface area contributed by atoms with Crippen LogP contribution in [0.5, 0.6) is 0 Å². The molecule has 0 saturated heterocycles. The fourth-order valence-electron chi connectivity index (χ4n) is 0.575. The second kappa shape index (κ2) is 2.35. The third kappa shape index (κ3) is 1.60. The van der Waals surface area contributed by atoms with Crippen LogP contribution in [0.15, 0.2) is 29.2 Å². The van der Waals surface area contributed by atoms with Crippen molar-refractivity contribution in [2.45, 2.75) is 6.92 Å². The number of nitrogens with one attached hydrogen (secondary N) is 1. The lowest BCUT2D eigenvalue weighted by atomic mass is 10.5. The van der Waals surface area contributed by atoms with Crippen LogP contribution >= 0.6 is 0 Å². The molecule has 3 heteroatoms. The number of hydrogen-bond acceptors (Lipinski definition) is 3. The summed E-state index contributed by atoms with van der Waals surface area (Å²) in [5.74, 6) is 0.536. The molecule has 1 rings (SSSR count). The van der Waals surface area contributed by atoms with Gasteiger partial charge in [0.15, 0.2) is 0 Å². The van der Waals surface area contributed by atoms with Gasteiger partial charge in [-0.3, -0.25) is 0 Å². The zero-order valence-electron chi connectivity index (χ0n) is 5.26. The molecule has 9 heavy (non-hydrogen) atoms. The fourth-order valence-corrected chi connectivity index (χ4v) is 0.575. The lowest BCUT2D eigenvalue weighted by molar-refractivity contribution is 1.14. The summed E-state index contributed by atoms with van der Waals surface area (Å²) in [4.78, 5) is 3.98. The molecular weight excluding hydrogens is 114 g/mol. The number of allylic oxidation sites excluding steroid dienone is 1. The maximum Gasteiger partial charge on any atom is 0.125 e. The van der Waals surface area contributed by atoms with E-state index in [1.165, 1.54) is 0 Å². The number of aliphatic imine (C=N–C) groups is 1. The van der Waals surface area contributed by atoms with Crippen LogP contribution in [-0.2, 0) is 0 Å². The van der Waals surface area contributed by atoms with Crippen molar-refractivity contribution in [2.75, 3.05) is 0 Å².